The number of piperidine rings is 2. The predicted octanol–water partition coefficient (Wildman–Crippen LogP) is 1.30. The van der Waals surface area contributed by atoms with E-state index < -0.39 is 0 Å². The molecule has 1 saturated carbocycles. The van der Waals surface area contributed by atoms with Crippen LogP contribution in [0.25, 0.3) is 0 Å². The molecule has 2 heterocycles. The zero-order valence-corrected chi connectivity index (χ0v) is 11.0. The summed E-state index contributed by atoms with van der Waals surface area (Å²) in [6.45, 7) is 3.04. The van der Waals surface area contributed by atoms with Crippen LogP contribution in [0.15, 0.2) is 0 Å². The van der Waals surface area contributed by atoms with Crippen LogP contribution in [-0.2, 0) is 9.59 Å². The molecule has 3 rings (SSSR count). The summed E-state index contributed by atoms with van der Waals surface area (Å²) >= 11 is 0. The molecule has 1 N–H and O–H groups in total. The number of nitrogens with zero attached hydrogens (tertiary/aromatic N) is 1. The molecule has 0 aromatic heterocycles. The minimum atomic E-state index is 0.0219. The summed E-state index contributed by atoms with van der Waals surface area (Å²) in [5.41, 5.74) is 0. The first kappa shape index (κ1) is 12.2. The Morgan fingerprint density at radius 2 is 1.78 bits per heavy atom. The molecular formula is C14H22N2O2. The second kappa shape index (κ2) is 4.65. The van der Waals surface area contributed by atoms with Crippen molar-refractivity contribution in [3.63, 3.8) is 0 Å². The van der Waals surface area contributed by atoms with Crippen molar-refractivity contribution in [2.75, 3.05) is 6.54 Å². The molecule has 4 unspecified atom stereocenters. The number of amides is 2. The SMILES string of the molecule is CC(C1CCCCN1)N1C(=O)C2CCC(C2)C1=O. The smallest absolute Gasteiger partial charge is 0.232 e. The Morgan fingerprint density at radius 3 is 2.33 bits per heavy atom. The van der Waals surface area contributed by atoms with Crippen LogP contribution in [0.2, 0.25) is 0 Å². The number of carbonyl (C=O) groups excluding carboxylic acids is 2. The van der Waals surface area contributed by atoms with E-state index in [0.717, 1.165) is 32.2 Å². The van der Waals surface area contributed by atoms with Gasteiger partial charge in [-0.15, -0.1) is 0 Å². The van der Waals surface area contributed by atoms with Gasteiger partial charge in [-0.1, -0.05) is 6.42 Å². The lowest BCUT2D eigenvalue weighted by atomic mass is 9.91. The summed E-state index contributed by atoms with van der Waals surface area (Å²) in [5, 5.41) is 3.46. The third-order valence-electron chi connectivity index (χ3n) is 4.94. The van der Waals surface area contributed by atoms with Crippen LogP contribution in [0.4, 0.5) is 0 Å². The van der Waals surface area contributed by atoms with E-state index in [-0.39, 0.29) is 29.7 Å². The van der Waals surface area contributed by atoms with E-state index in [1.807, 2.05) is 6.92 Å². The number of imide groups is 1. The van der Waals surface area contributed by atoms with Gasteiger partial charge in [0.1, 0.15) is 0 Å². The maximum absolute atomic E-state index is 12.4. The number of carbonyl (C=O) groups is 2. The molecule has 0 spiro atoms. The van der Waals surface area contributed by atoms with Crippen LogP contribution in [0.3, 0.4) is 0 Å². The monoisotopic (exact) mass is 250 g/mol. The highest BCUT2D eigenvalue weighted by molar-refractivity contribution is 6.01. The number of fused-ring (bicyclic) bond motifs is 2. The van der Waals surface area contributed by atoms with Crippen LogP contribution in [-0.4, -0.2) is 35.3 Å². The van der Waals surface area contributed by atoms with Crippen molar-refractivity contribution < 1.29 is 9.59 Å². The van der Waals surface area contributed by atoms with Crippen molar-refractivity contribution in [2.24, 2.45) is 11.8 Å². The van der Waals surface area contributed by atoms with Gasteiger partial charge in [0.2, 0.25) is 11.8 Å². The molecule has 4 heteroatoms. The molecule has 18 heavy (non-hydrogen) atoms. The minimum Gasteiger partial charge on any atom is -0.312 e. The number of nitrogens with one attached hydrogen (secondary N) is 1. The van der Waals surface area contributed by atoms with Gasteiger partial charge in [-0.05, 0) is 45.6 Å². The van der Waals surface area contributed by atoms with Crippen LogP contribution in [0, 0.1) is 11.8 Å². The fourth-order valence-corrected chi connectivity index (χ4v) is 3.80. The predicted molar refractivity (Wildman–Crippen MR) is 67.8 cm³/mol. The van der Waals surface area contributed by atoms with Crippen LogP contribution >= 0.6 is 0 Å². The maximum Gasteiger partial charge on any atom is 0.232 e. The molecule has 1 aliphatic carbocycles. The summed E-state index contributed by atoms with van der Waals surface area (Å²) in [5.74, 6) is 0.430. The average Bonchev–Trinajstić information content (AvgIpc) is 2.85. The lowest BCUT2D eigenvalue weighted by Gasteiger charge is -2.39. The van der Waals surface area contributed by atoms with Crippen LogP contribution in [0.5, 0.6) is 0 Å². The first-order chi connectivity index (χ1) is 8.68. The quantitative estimate of drug-likeness (QED) is 0.752. The molecule has 2 bridgehead atoms. The molecule has 2 amide bonds. The van der Waals surface area contributed by atoms with Gasteiger partial charge in [0, 0.05) is 17.9 Å². The van der Waals surface area contributed by atoms with E-state index >= 15 is 0 Å². The van der Waals surface area contributed by atoms with Gasteiger partial charge in [0.05, 0.1) is 6.04 Å². The van der Waals surface area contributed by atoms with E-state index in [9.17, 15) is 9.59 Å². The van der Waals surface area contributed by atoms with Crippen molar-refractivity contribution in [1.82, 2.24) is 10.2 Å². The van der Waals surface area contributed by atoms with Gasteiger partial charge in [-0.3, -0.25) is 14.5 Å². The normalized spacial score (nSPS) is 38.1. The Morgan fingerprint density at radius 1 is 1.11 bits per heavy atom. The Balaban J connectivity index is 1.77. The standard InChI is InChI=1S/C14H22N2O2/c1-9(12-4-2-3-7-15-12)16-13(17)10-5-6-11(8-10)14(16)18/h9-12,15H,2-8H2,1H3. The second-order valence-corrected chi connectivity index (χ2v) is 6.05. The van der Waals surface area contributed by atoms with Crippen molar-refractivity contribution in [2.45, 2.75) is 57.5 Å². The topological polar surface area (TPSA) is 49.4 Å². The Hall–Kier alpha value is -0.900. The van der Waals surface area contributed by atoms with Crippen molar-refractivity contribution >= 4 is 11.8 Å². The third-order valence-corrected chi connectivity index (χ3v) is 4.94. The summed E-state index contributed by atoms with van der Waals surface area (Å²) in [6.07, 6.45) is 6.11. The fourth-order valence-electron chi connectivity index (χ4n) is 3.80. The van der Waals surface area contributed by atoms with Gasteiger partial charge in [0.25, 0.3) is 0 Å². The van der Waals surface area contributed by atoms with Gasteiger partial charge in [-0.25, -0.2) is 0 Å². The van der Waals surface area contributed by atoms with E-state index in [1.165, 1.54) is 12.8 Å². The number of hydrogen-bond donors (Lipinski definition) is 1. The molecule has 0 radical (unpaired) electrons. The van der Waals surface area contributed by atoms with E-state index in [2.05, 4.69) is 5.32 Å². The number of likely N-dealkylation sites (tertiary alicyclic amines) is 1. The Bertz CT molecular complexity index is 341. The highest BCUT2D eigenvalue weighted by Crippen LogP contribution is 2.39. The van der Waals surface area contributed by atoms with Gasteiger partial charge in [-0.2, -0.15) is 0 Å². The minimum absolute atomic E-state index is 0.0219. The highest BCUT2D eigenvalue weighted by atomic mass is 16.2. The van der Waals surface area contributed by atoms with Gasteiger partial charge >= 0.3 is 0 Å². The number of hydrogen-bond acceptors (Lipinski definition) is 3. The molecule has 4 atom stereocenters. The molecule has 2 saturated heterocycles. The summed E-state index contributed by atoms with van der Waals surface area (Å²) in [7, 11) is 0. The maximum atomic E-state index is 12.4. The molecule has 4 nitrogen and oxygen atoms in total. The summed E-state index contributed by atoms with van der Waals surface area (Å²) < 4.78 is 0. The molecule has 0 aromatic rings. The summed E-state index contributed by atoms with van der Waals surface area (Å²) in [6, 6.07) is 0.317. The van der Waals surface area contributed by atoms with Gasteiger partial charge < -0.3 is 5.32 Å². The Kier molecular flexibility index (Phi) is 3.14. The molecule has 2 aliphatic heterocycles. The van der Waals surface area contributed by atoms with Gasteiger partial charge in [0.15, 0.2) is 0 Å². The highest BCUT2D eigenvalue weighted by Gasteiger charge is 2.47. The van der Waals surface area contributed by atoms with Crippen molar-refractivity contribution in [3.05, 3.63) is 0 Å². The average molecular weight is 250 g/mol. The fraction of sp³-hybridized carbons (Fsp3) is 0.857. The Labute approximate surface area is 108 Å². The van der Waals surface area contributed by atoms with E-state index in [1.54, 1.807) is 4.90 Å². The van der Waals surface area contributed by atoms with Crippen LogP contribution < -0.4 is 5.32 Å². The zero-order valence-electron chi connectivity index (χ0n) is 11.0. The largest absolute Gasteiger partial charge is 0.312 e. The molecular weight excluding hydrogens is 228 g/mol. The molecule has 100 valence electrons. The van der Waals surface area contributed by atoms with E-state index in [4.69, 9.17) is 0 Å². The lowest BCUT2D eigenvalue weighted by molar-refractivity contribution is -0.156. The van der Waals surface area contributed by atoms with E-state index in [0.29, 0.717) is 6.04 Å². The van der Waals surface area contributed by atoms with Crippen molar-refractivity contribution in [3.8, 4) is 0 Å². The molecule has 3 fully saturated rings. The lowest BCUT2D eigenvalue weighted by Crippen LogP contribution is -2.58. The van der Waals surface area contributed by atoms with Crippen LogP contribution in [0.1, 0.15) is 45.4 Å². The first-order valence-electron chi connectivity index (χ1n) is 7.29. The molecule has 0 aromatic carbocycles. The summed E-state index contributed by atoms with van der Waals surface area (Å²) in [4.78, 5) is 26.3. The second-order valence-electron chi connectivity index (χ2n) is 6.05. The zero-order chi connectivity index (χ0) is 12.7. The third kappa shape index (κ3) is 1.87. The number of rotatable bonds is 2. The first-order valence-corrected chi connectivity index (χ1v) is 7.29. The van der Waals surface area contributed by atoms with Crippen molar-refractivity contribution in [1.29, 1.82) is 0 Å². The molecule has 3 aliphatic rings.